The van der Waals surface area contributed by atoms with Crippen LogP contribution in [-0.4, -0.2) is 42.3 Å². The summed E-state index contributed by atoms with van der Waals surface area (Å²) in [5, 5.41) is 0. The van der Waals surface area contributed by atoms with Crippen LogP contribution in [0.2, 0.25) is 0 Å². The second kappa shape index (κ2) is 9.52. The molecular formula is C22H24F3N3O4S. The van der Waals surface area contributed by atoms with E-state index < -0.39 is 27.7 Å². The Morgan fingerprint density at radius 3 is 2.52 bits per heavy atom. The van der Waals surface area contributed by atoms with Gasteiger partial charge in [-0.05, 0) is 36.2 Å². The highest BCUT2D eigenvalue weighted by Gasteiger charge is 2.30. The molecule has 0 bridgehead atoms. The SMILES string of the molecule is CCCn1c(COC(=O)Cc2cccc(C(F)(F)F)c2)nc2cc(S(=O)(=O)N(C)C)ccc21. The minimum atomic E-state index is -4.50. The van der Waals surface area contributed by atoms with E-state index in [0.29, 0.717) is 23.4 Å². The fourth-order valence-electron chi connectivity index (χ4n) is 3.33. The van der Waals surface area contributed by atoms with Gasteiger partial charge in [-0.25, -0.2) is 17.7 Å². The zero-order valence-corrected chi connectivity index (χ0v) is 19.2. The molecule has 0 radical (unpaired) electrons. The number of rotatable bonds is 8. The van der Waals surface area contributed by atoms with Crippen molar-refractivity contribution in [2.45, 2.75) is 44.0 Å². The first-order valence-corrected chi connectivity index (χ1v) is 11.6. The molecule has 1 aromatic heterocycles. The third kappa shape index (κ3) is 5.53. The largest absolute Gasteiger partial charge is 0.457 e. The van der Waals surface area contributed by atoms with Crippen molar-refractivity contribution in [1.82, 2.24) is 13.9 Å². The van der Waals surface area contributed by atoms with E-state index >= 15 is 0 Å². The van der Waals surface area contributed by atoms with Gasteiger partial charge in [0.25, 0.3) is 0 Å². The highest BCUT2D eigenvalue weighted by atomic mass is 32.2. The molecule has 178 valence electrons. The summed E-state index contributed by atoms with van der Waals surface area (Å²) in [5.74, 6) is -0.274. The molecule has 11 heteroatoms. The number of halogens is 3. The summed E-state index contributed by atoms with van der Waals surface area (Å²) in [6.45, 7) is 2.33. The molecule has 7 nitrogen and oxygen atoms in total. The maximum absolute atomic E-state index is 12.9. The number of carbonyl (C=O) groups excluding carboxylic acids is 1. The summed E-state index contributed by atoms with van der Waals surface area (Å²) >= 11 is 0. The average Bonchev–Trinajstić information content (AvgIpc) is 3.09. The quantitative estimate of drug-likeness (QED) is 0.453. The Morgan fingerprint density at radius 2 is 1.88 bits per heavy atom. The van der Waals surface area contributed by atoms with E-state index in [1.165, 1.54) is 38.4 Å². The second-order valence-electron chi connectivity index (χ2n) is 7.65. The Labute approximate surface area is 189 Å². The standard InChI is InChI=1S/C22H24F3N3O4S/c1-4-10-28-19-9-8-17(33(30,31)27(2)3)13-18(19)26-20(28)14-32-21(29)12-15-6-5-7-16(11-15)22(23,24)25/h5-9,11,13H,4,10,12,14H2,1-3H3. The minimum absolute atomic E-state index is 0.0919. The molecule has 0 spiro atoms. The number of carbonyl (C=O) groups is 1. The Balaban J connectivity index is 1.80. The molecule has 0 fully saturated rings. The Bertz CT molecular complexity index is 1270. The van der Waals surface area contributed by atoms with Crippen LogP contribution >= 0.6 is 0 Å². The van der Waals surface area contributed by atoms with E-state index in [4.69, 9.17) is 4.74 Å². The van der Waals surface area contributed by atoms with Gasteiger partial charge in [0.2, 0.25) is 10.0 Å². The number of hydrogen-bond acceptors (Lipinski definition) is 5. The summed E-state index contributed by atoms with van der Waals surface area (Å²) in [6.07, 6.45) is -4.05. The molecule has 33 heavy (non-hydrogen) atoms. The molecule has 0 unspecified atom stereocenters. The number of ether oxygens (including phenoxy) is 1. The zero-order valence-electron chi connectivity index (χ0n) is 18.4. The van der Waals surface area contributed by atoms with Crippen molar-refractivity contribution in [3.63, 3.8) is 0 Å². The molecular weight excluding hydrogens is 459 g/mol. The number of aromatic nitrogens is 2. The predicted molar refractivity (Wildman–Crippen MR) is 116 cm³/mol. The van der Waals surface area contributed by atoms with Gasteiger partial charge in [0.05, 0.1) is 27.9 Å². The lowest BCUT2D eigenvalue weighted by Gasteiger charge is -2.11. The van der Waals surface area contributed by atoms with Gasteiger partial charge in [-0.15, -0.1) is 0 Å². The number of esters is 1. The highest BCUT2D eigenvalue weighted by molar-refractivity contribution is 7.89. The van der Waals surface area contributed by atoms with E-state index in [-0.39, 0.29) is 23.5 Å². The van der Waals surface area contributed by atoms with Gasteiger partial charge in [0, 0.05) is 20.6 Å². The van der Waals surface area contributed by atoms with Crippen molar-refractivity contribution in [2.24, 2.45) is 0 Å². The number of alkyl halides is 3. The molecule has 0 aliphatic heterocycles. The lowest BCUT2D eigenvalue weighted by atomic mass is 10.1. The maximum Gasteiger partial charge on any atom is 0.416 e. The maximum atomic E-state index is 12.9. The van der Waals surface area contributed by atoms with Gasteiger partial charge in [-0.3, -0.25) is 4.79 Å². The summed E-state index contributed by atoms with van der Waals surface area (Å²) in [7, 11) is -0.770. The van der Waals surface area contributed by atoms with Crippen molar-refractivity contribution >= 4 is 27.0 Å². The van der Waals surface area contributed by atoms with Crippen molar-refractivity contribution in [3.8, 4) is 0 Å². The lowest BCUT2D eigenvalue weighted by molar-refractivity contribution is -0.144. The zero-order chi connectivity index (χ0) is 24.4. The summed E-state index contributed by atoms with van der Waals surface area (Å²) in [6, 6.07) is 9.13. The molecule has 0 amide bonds. The number of benzene rings is 2. The van der Waals surface area contributed by atoms with Crippen LogP contribution in [-0.2, 0) is 45.3 Å². The van der Waals surface area contributed by atoms with Gasteiger partial charge < -0.3 is 9.30 Å². The average molecular weight is 484 g/mol. The first kappa shape index (κ1) is 24.7. The second-order valence-corrected chi connectivity index (χ2v) is 9.81. The number of nitrogens with zero attached hydrogens (tertiary/aromatic N) is 3. The van der Waals surface area contributed by atoms with Crippen LogP contribution in [0.15, 0.2) is 47.4 Å². The Kier molecular flexibility index (Phi) is 7.13. The van der Waals surface area contributed by atoms with Crippen LogP contribution in [0.4, 0.5) is 13.2 Å². The van der Waals surface area contributed by atoms with Crippen LogP contribution in [0.25, 0.3) is 11.0 Å². The van der Waals surface area contributed by atoms with Crippen LogP contribution in [0.3, 0.4) is 0 Å². The van der Waals surface area contributed by atoms with Gasteiger partial charge in [0.1, 0.15) is 12.4 Å². The molecule has 0 saturated carbocycles. The first-order chi connectivity index (χ1) is 15.4. The fourth-order valence-corrected chi connectivity index (χ4v) is 4.26. The van der Waals surface area contributed by atoms with E-state index in [9.17, 15) is 26.4 Å². The fraction of sp³-hybridized carbons (Fsp3) is 0.364. The number of sulfonamides is 1. The van der Waals surface area contributed by atoms with E-state index in [1.54, 1.807) is 6.07 Å². The van der Waals surface area contributed by atoms with Gasteiger partial charge in [-0.2, -0.15) is 13.2 Å². The van der Waals surface area contributed by atoms with Crippen molar-refractivity contribution in [1.29, 1.82) is 0 Å². The van der Waals surface area contributed by atoms with E-state index in [0.717, 1.165) is 22.9 Å². The molecule has 0 atom stereocenters. The highest BCUT2D eigenvalue weighted by Crippen LogP contribution is 2.29. The summed E-state index contributed by atoms with van der Waals surface area (Å²) in [4.78, 5) is 16.8. The molecule has 0 aliphatic rings. The van der Waals surface area contributed by atoms with Crippen LogP contribution in [0, 0.1) is 0 Å². The van der Waals surface area contributed by atoms with Crippen molar-refractivity contribution < 1.29 is 31.1 Å². The lowest BCUT2D eigenvalue weighted by Crippen LogP contribution is -2.22. The molecule has 3 rings (SSSR count). The van der Waals surface area contributed by atoms with Gasteiger partial charge in [0.15, 0.2) is 0 Å². The third-order valence-corrected chi connectivity index (χ3v) is 6.80. The molecule has 0 aliphatic carbocycles. The number of imidazole rings is 1. The van der Waals surface area contributed by atoms with Crippen LogP contribution < -0.4 is 0 Å². The smallest absolute Gasteiger partial charge is 0.416 e. The van der Waals surface area contributed by atoms with Crippen molar-refractivity contribution in [2.75, 3.05) is 14.1 Å². The summed E-state index contributed by atoms with van der Waals surface area (Å²) in [5.41, 5.74) is 0.491. The van der Waals surface area contributed by atoms with Crippen LogP contribution in [0.5, 0.6) is 0 Å². The number of aryl methyl sites for hydroxylation is 1. The van der Waals surface area contributed by atoms with Crippen LogP contribution in [0.1, 0.15) is 30.3 Å². The van der Waals surface area contributed by atoms with Crippen molar-refractivity contribution in [3.05, 3.63) is 59.4 Å². The molecule has 2 aromatic carbocycles. The van der Waals surface area contributed by atoms with Gasteiger partial charge in [-0.1, -0.05) is 25.1 Å². The Morgan fingerprint density at radius 1 is 1.15 bits per heavy atom. The predicted octanol–water partition coefficient (Wildman–Crippen LogP) is 4.00. The molecule has 3 aromatic rings. The minimum Gasteiger partial charge on any atom is -0.457 e. The third-order valence-electron chi connectivity index (χ3n) is 4.99. The first-order valence-electron chi connectivity index (χ1n) is 10.2. The molecule has 1 heterocycles. The van der Waals surface area contributed by atoms with E-state index in [2.05, 4.69) is 4.98 Å². The molecule has 0 saturated heterocycles. The number of fused-ring (bicyclic) bond motifs is 1. The van der Waals surface area contributed by atoms with E-state index in [1.807, 2.05) is 11.5 Å². The monoisotopic (exact) mass is 483 g/mol. The normalized spacial score (nSPS) is 12.5. The summed E-state index contributed by atoms with van der Waals surface area (Å²) < 4.78 is 71.7. The number of hydrogen-bond donors (Lipinski definition) is 0. The van der Waals surface area contributed by atoms with Gasteiger partial charge >= 0.3 is 12.1 Å². The molecule has 0 N–H and O–H groups in total. The Hall–Kier alpha value is -2.92. The topological polar surface area (TPSA) is 81.5 Å².